The van der Waals surface area contributed by atoms with Crippen LogP contribution in [-0.2, 0) is 0 Å². The molecule has 0 radical (unpaired) electrons. The van der Waals surface area contributed by atoms with Gasteiger partial charge in [0.25, 0.3) is 0 Å². The smallest absolute Gasteiger partial charge is 0.193 e. The van der Waals surface area contributed by atoms with Gasteiger partial charge in [0.1, 0.15) is 22.8 Å². The second kappa shape index (κ2) is 8.56. The van der Waals surface area contributed by atoms with Gasteiger partial charge in [-0.05, 0) is 59.5 Å². The third-order valence-corrected chi connectivity index (χ3v) is 5.04. The molecule has 0 amide bonds. The van der Waals surface area contributed by atoms with Gasteiger partial charge in [0, 0.05) is 10.4 Å². The molecule has 27 heavy (non-hydrogen) atoms. The van der Waals surface area contributed by atoms with E-state index in [-0.39, 0.29) is 5.78 Å². The minimum atomic E-state index is -0.201. The van der Waals surface area contributed by atoms with Crippen molar-refractivity contribution in [3.05, 3.63) is 71.1 Å². The summed E-state index contributed by atoms with van der Waals surface area (Å²) < 4.78 is 16.1. The fourth-order valence-corrected chi connectivity index (χ4v) is 3.53. The van der Waals surface area contributed by atoms with Crippen molar-refractivity contribution in [3.8, 4) is 27.7 Å². The van der Waals surface area contributed by atoms with E-state index in [2.05, 4.69) is 6.07 Å². The molecule has 4 nitrogen and oxygen atoms in total. The van der Waals surface area contributed by atoms with Crippen molar-refractivity contribution >= 4 is 23.2 Å². The van der Waals surface area contributed by atoms with Crippen LogP contribution in [0.4, 0.5) is 0 Å². The van der Waals surface area contributed by atoms with E-state index >= 15 is 0 Å². The number of ketones is 1. The summed E-state index contributed by atoms with van der Waals surface area (Å²) >= 11 is 1.66. The first kappa shape index (κ1) is 18.7. The molecule has 0 fully saturated rings. The maximum absolute atomic E-state index is 12.8. The number of carbonyl (C=O) groups is 1. The van der Waals surface area contributed by atoms with Gasteiger partial charge in [-0.1, -0.05) is 12.1 Å². The van der Waals surface area contributed by atoms with Gasteiger partial charge in [-0.3, -0.25) is 4.79 Å². The van der Waals surface area contributed by atoms with Crippen LogP contribution in [0.5, 0.6) is 17.2 Å². The van der Waals surface area contributed by atoms with Crippen LogP contribution in [0, 0.1) is 0 Å². The van der Waals surface area contributed by atoms with Crippen LogP contribution in [0.1, 0.15) is 15.9 Å². The molecule has 0 bridgehead atoms. The molecule has 0 spiro atoms. The Kier molecular flexibility index (Phi) is 5.94. The SMILES string of the molecule is COc1ccc(-c2cccs2)cc1C=CC(=O)c1c(OC)cccc1OC. The standard InChI is InChI=1S/C22H20O4S/c1-24-18-12-10-16(21-8-5-13-27-21)14-15(18)9-11-17(23)22-19(25-2)6-4-7-20(22)26-3/h4-14H,1-3H3. The first-order valence-electron chi connectivity index (χ1n) is 8.33. The molecule has 1 heterocycles. The lowest BCUT2D eigenvalue weighted by atomic mass is 10.0. The maximum atomic E-state index is 12.8. The van der Waals surface area contributed by atoms with Crippen LogP contribution >= 0.6 is 11.3 Å². The Morgan fingerprint density at radius 2 is 1.59 bits per heavy atom. The number of hydrogen-bond donors (Lipinski definition) is 0. The summed E-state index contributed by atoms with van der Waals surface area (Å²) in [5.41, 5.74) is 2.30. The molecule has 0 unspecified atom stereocenters. The summed E-state index contributed by atoms with van der Waals surface area (Å²) in [7, 11) is 4.67. The summed E-state index contributed by atoms with van der Waals surface area (Å²) in [5.74, 6) is 1.45. The van der Waals surface area contributed by atoms with E-state index in [1.807, 2.05) is 29.6 Å². The Morgan fingerprint density at radius 3 is 2.19 bits per heavy atom. The number of ether oxygens (including phenoxy) is 3. The molecule has 3 rings (SSSR count). The van der Waals surface area contributed by atoms with Gasteiger partial charge >= 0.3 is 0 Å². The topological polar surface area (TPSA) is 44.8 Å². The number of methoxy groups -OCH3 is 3. The molecule has 0 aliphatic heterocycles. The van der Waals surface area contributed by atoms with Crippen molar-refractivity contribution in [2.45, 2.75) is 0 Å². The van der Waals surface area contributed by atoms with Crippen molar-refractivity contribution in [3.63, 3.8) is 0 Å². The van der Waals surface area contributed by atoms with Crippen molar-refractivity contribution in [1.29, 1.82) is 0 Å². The minimum Gasteiger partial charge on any atom is -0.496 e. The van der Waals surface area contributed by atoms with E-state index < -0.39 is 0 Å². The summed E-state index contributed by atoms with van der Waals surface area (Å²) in [6.45, 7) is 0. The van der Waals surface area contributed by atoms with Crippen molar-refractivity contribution in [2.24, 2.45) is 0 Å². The fraction of sp³-hybridized carbons (Fsp3) is 0.136. The molecule has 0 saturated heterocycles. The van der Waals surface area contributed by atoms with E-state index in [1.54, 1.807) is 42.7 Å². The van der Waals surface area contributed by atoms with Gasteiger partial charge < -0.3 is 14.2 Å². The normalized spacial score (nSPS) is 10.8. The largest absolute Gasteiger partial charge is 0.496 e. The zero-order valence-corrected chi connectivity index (χ0v) is 16.2. The molecule has 1 aromatic heterocycles. The minimum absolute atomic E-state index is 0.201. The Hall–Kier alpha value is -3.05. The van der Waals surface area contributed by atoms with Gasteiger partial charge in [0.2, 0.25) is 0 Å². The second-order valence-corrected chi connectivity index (χ2v) is 6.62. The van der Waals surface area contributed by atoms with E-state index in [4.69, 9.17) is 14.2 Å². The van der Waals surface area contributed by atoms with E-state index in [9.17, 15) is 4.79 Å². The summed E-state index contributed by atoms with van der Waals surface area (Å²) in [4.78, 5) is 14.0. The number of benzene rings is 2. The summed E-state index contributed by atoms with van der Waals surface area (Å²) in [5, 5.41) is 2.03. The number of thiophene rings is 1. The zero-order valence-electron chi connectivity index (χ0n) is 15.4. The molecule has 2 aromatic carbocycles. The highest BCUT2D eigenvalue weighted by Gasteiger charge is 2.16. The fourth-order valence-electron chi connectivity index (χ4n) is 2.80. The van der Waals surface area contributed by atoms with Crippen LogP contribution in [-0.4, -0.2) is 27.1 Å². The second-order valence-electron chi connectivity index (χ2n) is 5.67. The lowest BCUT2D eigenvalue weighted by Crippen LogP contribution is -2.02. The van der Waals surface area contributed by atoms with Gasteiger partial charge in [-0.25, -0.2) is 0 Å². The monoisotopic (exact) mass is 380 g/mol. The average molecular weight is 380 g/mol. The maximum Gasteiger partial charge on any atom is 0.193 e. The Morgan fingerprint density at radius 1 is 0.889 bits per heavy atom. The van der Waals surface area contributed by atoms with E-state index in [0.29, 0.717) is 22.8 Å². The molecule has 3 aromatic rings. The molecule has 0 aliphatic carbocycles. The quantitative estimate of drug-likeness (QED) is 0.410. The predicted octanol–water partition coefficient (Wildman–Crippen LogP) is 5.34. The number of allylic oxidation sites excluding steroid dienone is 1. The Labute approximate surface area is 162 Å². The van der Waals surface area contributed by atoms with E-state index in [0.717, 1.165) is 16.0 Å². The van der Waals surface area contributed by atoms with E-state index in [1.165, 1.54) is 20.3 Å². The van der Waals surface area contributed by atoms with Crippen LogP contribution in [0.15, 0.2) is 60.0 Å². The molecule has 0 saturated carbocycles. The van der Waals surface area contributed by atoms with Gasteiger partial charge in [0.05, 0.1) is 21.3 Å². The van der Waals surface area contributed by atoms with Crippen molar-refractivity contribution in [2.75, 3.05) is 21.3 Å². The third kappa shape index (κ3) is 4.04. The predicted molar refractivity (Wildman–Crippen MR) is 109 cm³/mol. The summed E-state index contributed by atoms with van der Waals surface area (Å²) in [6.07, 6.45) is 3.26. The van der Waals surface area contributed by atoms with Crippen molar-refractivity contribution in [1.82, 2.24) is 0 Å². The number of carbonyl (C=O) groups excluding carboxylic acids is 1. The number of hydrogen-bond acceptors (Lipinski definition) is 5. The molecule has 0 atom stereocenters. The first-order chi connectivity index (χ1) is 13.2. The summed E-state index contributed by atoms with van der Waals surface area (Å²) in [6, 6.07) is 15.3. The molecule has 0 N–H and O–H groups in total. The molecule has 0 aliphatic rings. The molecule has 5 heteroatoms. The van der Waals surface area contributed by atoms with Crippen molar-refractivity contribution < 1.29 is 19.0 Å². The Balaban J connectivity index is 1.96. The zero-order chi connectivity index (χ0) is 19.2. The average Bonchev–Trinajstić information content (AvgIpc) is 3.25. The molecular formula is C22H20O4S. The van der Waals surface area contributed by atoms with Crippen LogP contribution < -0.4 is 14.2 Å². The number of rotatable bonds is 7. The van der Waals surface area contributed by atoms with Gasteiger partial charge in [-0.2, -0.15) is 0 Å². The van der Waals surface area contributed by atoms with Crippen LogP contribution in [0.2, 0.25) is 0 Å². The lowest BCUT2D eigenvalue weighted by Gasteiger charge is -2.10. The van der Waals surface area contributed by atoms with Gasteiger partial charge in [0.15, 0.2) is 5.78 Å². The highest BCUT2D eigenvalue weighted by atomic mass is 32.1. The van der Waals surface area contributed by atoms with Crippen LogP contribution in [0.25, 0.3) is 16.5 Å². The van der Waals surface area contributed by atoms with Crippen LogP contribution in [0.3, 0.4) is 0 Å². The molecular weight excluding hydrogens is 360 g/mol. The highest BCUT2D eigenvalue weighted by Crippen LogP contribution is 2.32. The molecule has 138 valence electrons. The highest BCUT2D eigenvalue weighted by molar-refractivity contribution is 7.13. The Bertz CT molecular complexity index is 936. The lowest BCUT2D eigenvalue weighted by molar-refractivity contribution is 0.104. The first-order valence-corrected chi connectivity index (χ1v) is 9.21. The third-order valence-electron chi connectivity index (χ3n) is 4.12. The van der Waals surface area contributed by atoms with Gasteiger partial charge in [-0.15, -0.1) is 11.3 Å².